The number of H-pyrrole nitrogens is 1. The molecule has 0 fully saturated rings. The van der Waals surface area contributed by atoms with Crippen LogP contribution >= 0.6 is 0 Å². The normalized spacial score (nSPS) is 16.9. The van der Waals surface area contributed by atoms with Gasteiger partial charge in [0.15, 0.2) is 21.9 Å². The van der Waals surface area contributed by atoms with Crippen molar-refractivity contribution in [3.8, 4) is 0 Å². The van der Waals surface area contributed by atoms with Crippen LogP contribution in [0.5, 0.6) is 0 Å². The first-order valence-corrected chi connectivity index (χ1v) is 11.2. The molecule has 0 saturated heterocycles. The summed E-state index contributed by atoms with van der Waals surface area (Å²) in [6.45, 7) is 6.20. The Morgan fingerprint density at radius 3 is 2.83 bits per heavy atom. The van der Waals surface area contributed by atoms with Crippen LogP contribution in [0.25, 0.3) is 0 Å². The Hall–Kier alpha value is -2.91. The number of hydrogen-bond acceptors (Lipinski definition) is 7. The van der Waals surface area contributed by atoms with Crippen molar-refractivity contribution in [2.45, 2.75) is 32.1 Å². The lowest BCUT2D eigenvalue weighted by Gasteiger charge is -2.25. The number of anilines is 2. The molecule has 151 valence electrons. The minimum atomic E-state index is -3.28. The number of nitrogens with one attached hydrogen (secondary N) is 2. The molecule has 4 rings (SSSR count). The molecule has 2 aromatic rings. The van der Waals surface area contributed by atoms with Gasteiger partial charge in [0.1, 0.15) is 12.2 Å². The predicted octanol–water partition coefficient (Wildman–Crippen LogP) is 2.91. The van der Waals surface area contributed by atoms with Crippen LogP contribution in [0.1, 0.15) is 26.5 Å². The number of aryl methyl sites for hydroxylation is 1. The molecule has 0 atom stereocenters. The van der Waals surface area contributed by atoms with E-state index in [1.165, 1.54) is 0 Å². The summed E-state index contributed by atoms with van der Waals surface area (Å²) in [6.07, 6.45) is 4.79. The van der Waals surface area contributed by atoms with Crippen LogP contribution in [0.3, 0.4) is 0 Å². The summed E-state index contributed by atoms with van der Waals surface area (Å²) in [7, 11) is -3.28. The highest BCUT2D eigenvalue weighted by Crippen LogP contribution is 2.27. The highest BCUT2D eigenvalue weighted by molar-refractivity contribution is 7.91. The van der Waals surface area contributed by atoms with Gasteiger partial charge in [-0.25, -0.2) is 8.42 Å². The van der Waals surface area contributed by atoms with Gasteiger partial charge >= 0.3 is 0 Å². The predicted molar refractivity (Wildman–Crippen MR) is 115 cm³/mol. The van der Waals surface area contributed by atoms with Gasteiger partial charge in [0, 0.05) is 17.4 Å². The maximum absolute atomic E-state index is 12.3. The quantitative estimate of drug-likeness (QED) is 0.711. The van der Waals surface area contributed by atoms with Crippen molar-refractivity contribution in [3.63, 3.8) is 0 Å². The molecular formula is C20H24N6O2S+. The summed E-state index contributed by atoms with van der Waals surface area (Å²) in [5, 5.41) is 10.7. The second-order valence-corrected chi connectivity index (χ2v) is 9.25. The number of sulfone groups is 1. The Bertz CT molecular complexity index is 1130. The molecule has 2 N–H and O–H groups in total. The number of hydrogen-bond donors (Lipinski definition) is 2. The van der Waals surface area contributed by atoms with E-state index in [4.69, 9.17) is 0 Å². The van der Waals surface area contributed by atoms with E-state index in [0.29, 0.717) is 11.4 Å². The number of benzene rings is 1. The molecule has 0 saturated carbocycles. The Balaban J connectivity index is 1.70. The molecule has 0 aliphatic carbocycles. The molecule has 29 heavy (non-hydrogen) atoms. The molecule has 1 aromatic heterocycles. The molecular weight excluding hydrogens is 388 g/mol. The fourth-order valence-corrected chi connectivity index (χ4v) is 4.21. The third-order valence-electron chi connectivity index (χ3n) is 4.91. The van der Waals surface area contributed by atoms with Crippen LogP contribution in [-0.4, -0.2) is 36.7 Å². The Kier molecular flexibility index (Phi) is 5.01. The summed E-state index contributed by atoms with van der Waals surface area (Å²) >= 11 is 0. The van der Waals surface area contributed by atoms with Gasteiger partial charge in [0.05, 0.1) is 16.8 Å². The first kappa shape index (κ1) is 19.4. The van der Waals surface area contributed by atoms with Gasteiger partial charge in [0.25, 0.3) is 11.7 Å². The first-order valence-electron chi connectivity index (χ1n) is 9.57. The third-order valence-corrected chi connectivity index (χ3v) is 6.64. The van der Waals surface area contributed by atoms with Crippen LogP contribution < -0.4 is 15.1 Å². The average molecular weight is 413 g/mol. The Labute approximate surface area is 170 Å². The van der Waals surface area contributed by atoms with E-state index in [-0.39, 0.29) is 5.75 Å². The lowest BCUT2D eigenvalue weighted by Crippen LogP contribution is -2.45. The number of amidine groups is 1. The van der Waals surface area contributed by atoms with E-state index in [0.717, 1.165) is 41.0 Å². The van der Waals surface area contributed by atoms with Crippen LogP contribution in [0.15, 0.2) is 64.1 Å². The molecule has 0 bridgehead atoms. The average Bonchev–Trinajstić information content (AvgIpc) is 3.33. The minimum Gasteiger partial charge on any atom is -0.329 e. The molecule has 3 heterocycles. The summed E-state index contributed by atoms with van der Waals surface area (Å²) in [5.74, 6) is 2.45. The van der Waals surface area contributed by atoms with Gasteiger partial charge in [-0.2, -0.15) is 10.1 Å². The van der Waals surface area contributed by atoms with Crippen LogP contribution in [-0.2, 0) is 16.3 Å². The molecule has 0 amide bonds. The van der Waals surface area contributed by atoms with Gasteiger partial charge in [-0.15, -0.1) is 0 Å². The van der Waals surface area contributed by atoms with E-state index < -0.39 is 9.84 Å². The first-order chi connectivity index (χ1) is 13.9. The molecule has 2 aliphatic rings. The highest BCUT2D eigenvalue weighted by Gasteiger charge is 2.39. The number of aromatic nitrogens is 2. The number of allylic oxidation sites excluding steroid dienone is 1. The molecule has 0 spiro atoms. The summed E-state index contributed by atoms with van der Waals surface area (Å²) in [5.41, 5.74) is 2.75. The second-order valence-electron chi connectivity index (χ2n) is 6.97. The zero-order chi connectivity index (χ0) is 20.6. The lowest BCUT2D eigenvalue weighted by molar-refractivity contribution is 0.597. The van der Waals surface area contributed by atoms with Crippen molar-refractivity contribution in [3.05, 3.63) is 59.9 Å². The number of aromatic amines is 1. The summed E-state index contributed by atoms with van der Waals surface area (Å²) < 4.78 is 24.6. The maximum Gasteiger partial charge on any atom is 0.284 e. The van der Waals surface area contributed by atoms with Crippen molar-refractivity contribution < 1.29 is 8.42 Å². The largest absolute Gasteiger partial charge is 0.329 e. The minimum absolute atomic E-state index is 0.0711. The number of aliphatic imine (C=N–C) groups is 1. The number of fused-ring (bicyclic) bond motifs is 1. The van der Waals surface area contributed by atoms with Crippen LogP contribution in [0.4, 0.5) is 11.5 Å². The molecule has 0 unspecified atom stereocenters. The van der Waals surface area contributed by atoms with Gasteiger partial charge in [-0.05, 0) is 36.4 Å². The second kappa shape index (κ2) is 7.49. The molecule has 1 radical (unpaired) electrons. The van der Waals surface area contributed by atoms with Crippen molar-refractivity contribution in [1.29, 1.82) is 0 Å². The topological polar surface area (TPSA) is 96.3 Å². The van der Waals surface area contributed by atoms with E-state index in [1.54, 1.807) is 25.1 Å². The highest BCUT2D eigenvalue weighted by atomic mass is 32.2. The number of rotatable bonds is 6. The van der Waals surface area contributed by atoms with Gasteiger partial charge < -0.3 is 4.90 Å². The third kappa shape index (κ3) is 3.83. The SMILES string of the molecule is CCc1cc(NC2=CN(c3cccc(S(=O)(=O)CC)c3)CC3=NC(C)=C[N+]23)n[nH]1. The monoisotopic (exact) mass is 412 g/mol. The smallest absolute Gasteiger partial charge is 0.284 e. The van der Waals surface area contributed by atoms with E-state index in [9.17, 15) is 8.42 Å². The van der Waals surface area contributed by atoms with Crippen molar-refractivity contribution >= 4 is 27.2 Å². The summed E-state index contributed by atoms with van der Waals surface area (Å²) in [6, 6.07) is 8.99. The van der Waals surface area contributed by atoms with Crippen molar-refractivity contribution in [2.24, 2.45) is 4.99 Å². The summed E-state index contributed by atoms with van der Waals surface area (Å²) in [4.78, 5) is 8.94. The maximum atomic E-state index is 12.3. The van der Waals surface area contributed by atoms with Gasteiger partial charge in [-0.3, -0.25) is 10.4 Å². The van der Waals surface area contributed by atoms with E-state index in [2.05, 4.69) is 27.4 Å². The fraction of sp³-hybridized carbons (Fsp3) is 0.300. The zero-order valence-corrected chi connectivity index (χ0v) is 17.5. The Morgan fingerprint density at radius 1 is 1.28 bits per heavy atom. The number of nitrogens with zero attached hydrogens (tertiary/aromatic N) is 4. The molecule has 8 nitrogen and oxygen atoms in total. The van der Waals surface area contributed by atoms with Crippen LogP contribution in [0, 0.1) is 0 Å². The van der Waals surface area contributed by atoms with Crippen LogP contribution in [0.2, 0.25) is 0 Å². The van der Waals surface area contributed by atoms with Crippen molar-refractivity contribution in [2.75, 3.05) is 22.5 Å². The standard InChI is InChI=1S/C20H24N6O2S/c1-4-15-9-18(24-23-15)22-20-13-25(12-19-21-14(3)11-26(19)20)16-7-6-8-17(10-16)29(27,28)5-2/h6-11,13H,4-5,12H2,1-3H3,(H2,22,23,24)/q+1. The van der Waals surface area contributed by atoms with Crippen molar-refractivity contribution in [1.82, 2.24) is 15.1 Å². The van der Waals surface area contributed by atoms with Gasteiger partial charge in [0.2, 0.25) is 0 Å². The molecule has 2 aliphatic heterocycles. The Morgan fingerprint density at radius 2 is 2.10 bits per heavy atom. The van der Waals surface area contributed by atoms with E-state index in [1.807, 2.05) is 41.3 Å². The van der Waals surface area contributed by atoms with Gasteiger partial charge in [-0.1, -0.05) is 19.9 Å². The zero-order valence-electron chi connectivity index (χ0n) is 16.7. The lowest BCUT2D eigenvalue weighted by atomic mass is 10.2. The van der Waals surface area contributed by atoms with E-state index >= 15 is 0 Å². The molecule has 1 aromatic carbocycles. The fourth-order valence-electron chi connectivity index (χ4n) is 3.29. The molecule has 9 heteroatoms.